The molecule has 0 aliphatic rings. The van der Waals surface area contributed by atoms with Gasteiger partial charge in [0.25, 0.3) is 5.69 Å². The molecule has 104 valence electrons. The summed E-state index contributed by atoms with van der Waals surface area (Å²) in [6, 6.07) is 9.37. The molecular weight excluding hydrogens is 323 g/mol. The highest BCUT2D eigenvalue weighted by molar-refractivity contribution is 6.35. The van der Waals surface area contributed by atoms with Crippen molar-refractivity contribution in [1.29, 1.82) is 0 Å². The maximum atomic E-state index is 11.0. The topological polar surface area (TPSA) is 55.2 Å². The van der Waals surface area contributed by atoms with E-state index in [2.05, 4.69) is 5.32 Å². The summed E-state index contributed by atoms with van der Waals surface area (Å²) < 4.78 is 0. The summed E-state index contributed by atoms with van der Waals surface area (Å²) in [5.74, 6) is 0. The summed E-state index contributed by atoms with van der Waals surface area (Å²) in [6.45, 7) is 0.219. The van der Waals surface area contributed by atoms with Gasteiger partial charge < -0.3 is 5.32 Å². The Bertz CT molecular complexity index is 662. The molecule has 0 saturated carbocycles. The minimum absolute atomic E-state index is 0.0000468. The Balaban J connectivity index is 2.24. The summed E-state index contributed by atoms with van der Waals surface area (Å²) in [6.07, 6.45) is 0. The number of nitrogens with zero attached hydrogens (tertiary/aromatic N) is 1. The van der Waals surface area contributed by atoms with E-state index in [0.717, 1.165) is 0 Å². The highest BCUT2D eigenvalue weighted by atomic mass is 35.5. The zero-order chi connectivity index (χ0) is 14.7. The van der Waals surface area contributed by atoms with E-state index in [4.69, 9.17) is 34.8 Å². The Hall–Kier alpha value is -1.49. The van der Waals surface area contributed by atoms with Crippen LogP contribution >= 0.6 is 34.8 Å². The van der Waals surface area contributed by atoms with Crippen LogP contribution < -0.4 is 5.32 Å². The van der Waals surface area contributed by atoms with Crippen LogP contribution in [0.25, 0.3) is 0 Å². The summed E-state index contributed by atoms with van der Waals surface area (Å²) >= 11 is 17.8. The molecular formula is C13H9Cl3N2O2. The van der Waals surface area contributed by atoms with Gasteiger partial charge >= 0.3 is 0 Å². The molecule has 2 aromatic rings. The Kier molecular flexibility index (Phi) is 4.70. The molecule has 0 amide bonds. The highest BCUT2D eigenvalue weighted by Gasteiger charge is 2.14. The third kappa shape index (κ3) is 3.54. The molecule has 0 atom stereocenters. The molecule has 4 nitrogen and oxygen atoms in total. The van der Waals surface area contributed by atoms with Gasteiger partial charge in [-0.25, -0.2) is 0 Å². The van der Waals surface area contributed by atoms with Gasteiger partial charge in [0.15, 0.2) is 0 Å². The molecule has 20 heavy (non-hydrogen) atoms. The van der Waals surface area contributed by atoms with Crippen LogP contribution in [0, 0.1) is 10.1 Å². The van der Waals surface area contributed by atoms with Crippen LogP contribution in [0.2, 0.25) is 15.1 Å². The fraction of sp³-hybridized carbons (Fsp3) is 0.0769. The summed E-state index contributed by atoms with van der Waals surface area (Å²) in [5, 5.41) is 15.4. The predicted octanol–water partition coefficient (Wildman–Crippen LogP) is 5.17. The minimum atomic E-state index is -0.451. The molecule has 0 heterocycles. The first-order valence-electron chi connectivity index (χ1n) is 5.59. The number of halogens is 3. The quantitative estimate of drug-likeness (QED) is 0.621. The molecule has 0 saturated heterocycles. The monoisotopic (exact) mass is 330 g/mol. The van der Waals surface area contributed by atoms with Gasteiger partial charge in [-0.05, 0) is 30.3 Å². The van der Waals surface area contributed by atoms with Crippen molar-refractivity contribution in [3.63, 3.8) is 0 Å². The third-order valence-corrected chi connectivity index (χ3v) is 3.44. The van der Waals surface area contributed by atoms with E-state index in [9.17, 15) is 10.1 Å². The smallest absolute Gasteiger partial charge is 0.274 e. The van der Waals surface area contributed by atoms with Crippen LogP contribution in [0.5, 0.6) is 0 Å². The summed E-state index contributed by atoms with van der Waals surface area (Å²) in [5.41, 5.74) is 1.08. The largest absolute Gasteiger partial charge is 0.379 e. The number of hydrogen-bond acceptors (Lipinski definition) is 3. The Morgan fingerprint density at radius 1 is 1.05 bits per heavy atom. The second-order valence-electron chi connectivity index (χ2n) is 4.01. The van der Waals surface area contributed by atoms with Crippen molar-refractivity contribution in [1.82, 2.24) is 0 Å². The SMILES string of the molecule is O=[N+]([O-])c1ccc(Cl)cc1CNc1cc(Cl)ccc1Cl. The maximum absolute atomic E-state index is 11.0. The van der Waals surface area contributed by atoms with E-state index >= 15 is 0 Å². The lowest BCUT2D eigenvalue weighted by Crippen LogP contribution is -2.03. The van der Waals surface area contributed by atoms with Gasteiger partial charge in [0.1, 0.15) is 0 Å². The predicted molar refractivity (Wildman–Crippen MR) is 81.9 cm³/mol. The highest BCUT2D eigenvalue weighted by Crippen LogP contribution is 2.28. The molecule has 0 spiro atoms. The Morgan fingerprint density at radius 2 is 1.70 bits per heavy atom. The Morgan fingerprint density at radius 3 is 2.40 bits per heavy atom. The number of nitrogens with one attached hydrogen (secondary N) is 1. The molecule has 0 radical (unpaired) electrons. The standard InChI is InChI=1S/C13H9Cl3N2O2/c14-9-2-4-13(18(19)20)8(5-9)7-17-12-6-10(15)1-3-11(12)16/h1-6,17H,7H2. The molecule has 2 rings (SSSR count). The molecule has 0 aromatic heterocycles. The zero-order valence-electron chi connectivity index (χ0n) is 10.1. The first-order chi connectivity index (χ1) is 9.47. The van der Waals surface area contributed by atoms with Gasteiger partial charge in [0.05, 0.1) is 21.2 Å². The molecule has 2 aromatic carbocycles. The molecule has 0 aliphatic carbocycles. The van der Waals surface area contributed by atoms with E-state index in [1.165, 1.54) is 12.1 Å². The van der Waals surface area contributed by atoms with Crippen LogP contribution in [0.1, 0.15) is 5.56 Å². The normalized spacial score (nSPS) is 10.3. The second-order valence-corrected chi connectivity index (χ2v) is 5.29. The minimum Gasteiger partial charge on any atom is -0.379 e. The molecule has 0 bridgehead atoms. The van der Waals surface area contributed by atoms with Crippen LogP contribution in [-0.4, -0.2) is 4.92 Å². The van der Waals surface area contributed by atoms with E-state index in [1.807, 2.05) is 0 Å². The van der Waals surface area contributed by atoms with E-state index in [0.29, 0.717) is 26.3 Å². The fourth-order valence-electron chi connectivity index (χ4n) is 1.70. The van der Waals surface area contributed by atoms with Crippen molar-refractivity contribution < 1.29 is 4.92 Å². The fourth-order valence-corrected chi connectivity index (χ4v) is 2.25. The van der Waals surface area contributed by atoms with Crippen molar-refractivity contribution in [3.8, 4) is 0 Å². The number of benzene rings is 2. The van der Waals surface area contributed by atoms with Crippen LogP contribution in [0.3, 0.4) is 0 Å². The molecule has 7 heteroatoms. The lowest BCUT2D eigenvalue weighted by atomic mass is 10.1. The molecule has 0 aliphatic heterocycles. The van der Waals surface area contributed by atoms with Crippen molar-refractivity contribution in [2.24, 2.45) is 0 Å². The third-order valence-electron chi connectivity index (χ3n) is 2.64. The summed E-state index contributed by atoms with van der Waals surface area (Å²) in [4.78, 5) is 10.5. The number of nitro groups is 1. The molecule has 0 fully saturated rings. The van der Waals surface area contributed by atoms with Gasteiger partial charge in [-0.2, -0.15) is 0 Å². The first-order valence-corrected chi connectivity index (χ1v) is 6.72. The summed E-state index contributed by atoms with van der Waals surface area (Å²) in [7, 11) is 0. The van der Waals surface area contributed by atoms with E-state index < -0.39 is 4.92 Å². The molecule has 0 unspecified atom stereocenters. The van der Waals surface area contributed by atoms with Gasteiger partial charge in [-0.1, -0.05) is 34.8 Å². The second kappa shape index (κ2) is 6.31. The van der Waals surface area contributed by atoms with Crippen LogP contribution in [0.4, 0.5) is 11.4 Å². The lowest BCUT2D eigenvalue weighted by Gasteiger charge is -2.09. The van der Waals surface area contributed by atoms with Gasteiger partial charge in [0.2, 0.25) is 0 Å². The van der Waals surface area contributed by atoms with Crippen molar-refractivity contribution >= 4 is 46.2 Å². The van der Waals surface area contributed by atoms with Crippen molar-refractivity contribution in [3.05, 3.63) is 67.1 Å². The average molecular weight is 332 g/mol. The van der Waals surface area contributed by atoms with Crippen LogP contribution in [0.15, 0.2) is 36.4 Å². The van der Waals surface area contributed by atoms with Gasteiger partial charge in [-0.3, -0.25) is 10.1 Å². The van der Waals surface area contributed by atoms with Crippen LogP contribution in [-0.2, 0) is 6.54 Å². The van der Waals surface area contributed by atoms with Gasteiger partial charge in [-0.15, -0.1) is 0 Å². The maximum Gasteiger partial charge on any atom is 0.274 e. The Labute approximate surface area is 130 Å². The molecule has 1 N–H and O–H groups in total. The number of rotatable bonds is 4. The average Bonchev–Trinajstić information content (AvgIpc) is 2.39. The lowest BCUT2D eigenvalue weighted by molar-refractivity contribution is -0.385. The number of hydrogen-bond donors (Lipinski definition) is 1. The van der Waals surface area contributed by atoms with E-state index in [-0.39, 0.29) is 12.2 Å². The van der Waals surface area contributed by atoms with Crippen molar-refractivity contribution in [2.75, 3.05) is 5.32 Å². The first kappa shape index (κ1) is 14.9. The van der Waals surface area contributed by atoms with Crippen molar-refractivity contribution in [2.45, 2.75) is 6.54 Å². The van der Waals surface area contributed by atoms with Gasteiger partial charge in [0, 0.05) is 22.7 Å². The number of nitro benzene ring substituents is 1. The van der Waals surface area contributed by atoms with E-state index in [1.54, 1.807) is 24.3 Å². The zero-order valence-corrected chi connectivity index (χ0v) is 12.3. The number of anilines is 1.